The van der Waals surface area contributed by atoms with Crippen LogP contribution in [0.5, 0.6) is 0 Å². The van der Waals surface area contributed by atoms with Crippen LogP contribution in [0.4, 0.5) is 0 Å². The second-order valence-corrected chi connectivity index (χ2v) is 8.69. The molecule has 1 unspecified atom stereocenters. The number of methoxy groups -OCH3 is 1. The summed E-state index contributed by atoms with van der Waals surface area (Å²) < 4.78 is 33.2. The molecule has 0 bridgehead atoms. The van der Waals surface area contributed by atoms with E-state index in [9.17, 15) is 13.2 Å². The smallest absolute Gasteiger partial charge is 0.337 e. The zero-order valence-electron chi connectivity index (χ0n) is 14.9. The van der Waals surface area contributed by atoms with Crippen LogP contribution >= 0.6 is 11.3 Å². The Hall–Kier alpha value is -2.48. The lowest BCUT2D eigenvalue weighted by atomic mass is 10.0. The van der Waals surface area contributed by atoms with Gasteiger partial charge < -0.3 is 4.74 Å². The fourth-order valence-corrected chi connectivity index (χ4v) is 4.70. The van der Waals surface area contributed by atoms with E-state index in [1.54, 1.807) is 0 Å². The summed E-state index contributed by atoms with van der Waals surface area (Å²) in [6.45, 7) is 1.98. The summed E-state index contributed by atoms with van der Waals surface area (Å²) in [5.41, 5.74) is 2.26. The number of ether oxygens (including phenoxy) is 1. The SMILES string of the molecule is COC(=O)c1ccc(S(=O)(=O)NC(c2ccc(C)cc2)c2cccs2)cc1. The van der Waals surface area contributed by atoms with E-state index in [1.807, 2.05) is 48.7 Å². The van der Waals surface area contributed by atoms with E-state index in [0.29, 0.717) is 5.56 Å². The van der Waals surface area contributed by atoms with E-state index in [2.05, 4.69) is 9.46 Å². The van der Waals surface area contributed by atoms with Gasteiger partial charge in [0.2, 0.25) is 10.0 Å². The summed E-state index contributed by atoms with van der Waals surface area (Å²) >= 11 is 1.49. The number of esters is 1. The number of carbonyl (C=O) groups excluding carboxylic acids is 1. The zero-order chi connectivity index (χ0) is 19.4. The van der Waals surface area contributed by atoms with E-state index < -0.39 is 22.0 Å². The fraction of sp³-hybridized carbons (Fsp3) is 0.150. The molecule has 0 amide bonds. The lowest BCUT2D eigenvalue weighted by Crippen LogP contribution is -2.29. The Morgan fingerprint density at radius 1 is 1.04 bits per heavy atom. The molecule has 0 saturated carbocycles. The minimum Gasteiger partial charge on any atom is -0.465 e. The Kier molecular flexibility index (Phi) is 5.74. The maximum absolute atomic E-state index is 12.9. The van der Waals surface area contributed by atoms with Gasteiger partial charge in [0.25, 0.3) is 0 Å². The molecule has 3 aromatic rings. The number of carbonyl (C=O) groups is 1. The first kappa shape index (κ1) is 19.3. The third kappa shape index (κ3) is 4.44. The number of hydrogen-bond acceptors (Lipinski definition) is 5. The van der Waals surface area contributed by atoms with Gasteiger partial charge in [0, 0.05) is 4.88 Å². The monoisotopic (exact) mass is 401 g/mol. The molecule has 27 heavy (non-hydrogen) atoms. The lowest BCUT2D eigenvalue weighted by molar-refractivity contribution is 0.0600. The molecule has 1 aromatic heterocycles. The van der Waals surface area contributed by atoms with E-state index in [4.69, 9.17) is 0 Å². The quantitative estimate of drug-likeness (QED) is 0.636. The van der Waals surface area contributed by atoms with Gasteiger partial charge in [-0.15, -0.1) is 11.3 Å². The largest absolute Gasteiger partial charge is 0.465 e. The maximum Gasteiger partial charge on any atom is 0.337 e. The third-order valence-corrected chi connectivity index (χ3v) is 6.47. The van der Waals surface area contributed by atoms with Crippen molar-refractivity contribution in [3.8, 4) is 0 Å². The van der Waals surface area contributed by atoms with Crippen molar-refractivity contribution >= 4 is 27.3 Å². The maximum atomic E-state index is 12.9. The number of hydrogen-bond donors (Lipinski definition) is 1. The first-order chi connectivity index (χ1) is 12.9. The number of sulfonamides is 1. The summed E-state index contributed by atoms with van der Waals surface area (Å²) in [5.74, 6) is -0.511. The molecule has 7 heteroatoms. The van der Waals surface area contributed by atoms with E-state index in [-0.39, 0.29) is 4.90 Å². The number of benzene rings is 2. The van der Waals surface area contributed by atoms with Gasteiger partial charge in [0.1, 0.15) is 0 Å². The summed E-state index contributed by atoms with van der Waals surface area (Å²) in [6, 6.07) is 16.7. The van der Waals surface area contributed by atoms with Gasteiger partial charge in [0.05, 0.1) is 23.6 Å². The van der Waals surface area contributed by atoms with E-state index in [1.165, 1.54) is 42.7 Å². The Bertz CT molecular complexity index is 1010. The second kappa shape index (κ2) is 8.04. The van der Waals surface area contributed by atoms with Crippen LogP contribution in [0.1, 0.15) is 32.4 Å². The molecule has 5 nitrogen and oxygen atoms in total. The summed E-state index contributed by atoms with van der Waals surface area (Å²) in [7, 11) is -2.51. The highest BCUT2D eigenvalue weighted by Crippen LogP contribution is 2.28. The molecule has 0 spiro atoms. The van der Waals surface area contributed by atoms with Gasteiger partial charge in [-0.3, -0.25) is 0 Å². The highest BCUT2D eigenvalue weighted by molar-refractivity contribution is 7.89. The van der Waals surface area contributed by atoms with Crippen molar-refractivity contribution in [1.29, 1.82) is 0 Å². The van der Waals surface area contributed by atoms with Crippen LogP contribution in [0.2, 0.25) is 0 Å². The molecule has 0 radical (unpaired) electrons. The van der Waals surface area contributed by atoms with E-state index in [0.717, 1.165) is 16.0 Å². The van der Waals surface area contributed by atoms with Crippen molar-refractivity contribution in [3.63, 3.8) is 0 Å². The lowest BCUT2D eigenvalue weighted by Gasteiger charge is -2.18. The Morgan fingerprint density at radius 3 is 2.26 bits per heavy atom. The molecule has 2 aromatic carbocycles. The molecule has 0 aliphatic carbocycles. The molecule has 3 rings (SSSR count). The first-order valence-electron chi connectivity index (χ1n) is 8.21. The Labute approximate surface area is 162 Å². The van der Waals surface area contributed by atoms with Crippen LogP contribution in [-0.2, 0) is 14.8 Å². The predicted molar refractivity (Wildman–Crippen MR) is 105 cm³/mol. The second-order valence-electron chi connectivity index (χ2n) is 6.00. The molecule has 1 heterocycles. The molecule has 0 saturated heterocycles. The number of nitrogens with one attached hydrogen (secondary N) is 1. The molecular weight excluding hydrogens is 382 g/mol. The molecule has 0 fully saturated rings. The van der Waals surface area contributed by atoms with Crippen molar-refractivity contribution in [2.75, 3.05) is 7.11 Å². The average molecular weight is 402 g/mol. The number of thiophene rings is 1. The van der Waals surface area contributed by atoms with Crippen molar-refractivity contribution in [2.24, 2.45) is 0 Å². The molecule has 0 aliphatic heterocycles. The summed E-state index contributed by atoms with van der Waals surface area (Å²) in [5, 5.41) is 1.91. The van der Waals surface area contributed by atoms with Crippen LogP contribution in [0, 0.1) is 6.92 Å². The van der Waals surface area contributed by atoms with Crippen molar-refractivity contribution in [3.05, 3.63) is 87.6 Å². The zero-order valence-corrected chi connectivity index (χ0v) is 16.5. The third-order valence-electron chi connectivity index (χ3n) is 4.10. The van der Waals surface area contributed by atoms with E-state index >= 15 is 0 Å². The Balaban J connectivity index is 1.92. The van der Waals surface area contributed by atoms with Crippen LogP contribution in [-0.4, -0.2) is 21.5 Å². The van der Waals surface area contributed by atoms with Gasteiger partial charge in [-0.25, -0.2) is 13.2 Å². The van der Waals surface area contributed by atoms with Crippen molar-refractivity contribution < 1.29 is 17.9 Å². The fourth-order valence-electron chi connectivity index (χ4n) is 2.62. The van der Waals surface area contributed by atoms with Gasteiger partial charge in [-0.05, 0) is 48.2 Å². The van der Waals surface area contributed by atoms with Crippen LogP contribution in [0.3, 0.4) is 0 Å². The molecule has 140 valence electrons. The van der Waals surface area contributed by atoms with Gasteiger partial charge in [-0.2, -0.15) is 4.72 Å². The van der Waals surface area contributed by atoms with Gasteiger partial charge in [0.15, 0.2) is 0 Å². The summed E-state index contributed by atoms with van der Waals surface area (Å²) in [6.07, 6.45) is 0. The highest BCUT2D eigenvalue weighted by atomic mass is 32.2. The first-order valence-corrected chi connectivity index (χ1v) is 10.6. The van der Waals surface area contributed by atoms with Crippen LogP contribution in [0.25, 0.3) is 0 Å². The standard InChI is InChI=1S/C20H19NO4S2/c1-14-5-7-15(8-6-14)19(18-4-3-13-26-18)21-27(23,24)17-11-9-16(10-12-17)20(22)25-2/h3-13,19,21H,1-2H3. The van der Waals surface area contributed by atoms with Crippen molar-refractivity contribution in [1.82, 2.24) is 4.72 Å². The highest BCUT2D eigenvalue weighted by Gasteiger charge is 2.24. The molecule has 0 aliphatic rings. The summed E-state index contributed by atoms with van der Waals surface area (Å²) in [4.78, 5) is 12.5. The number of rotatable bonds is 6. The molecular formula is C20H19NO4S2. The van der Waals surface area contributed by atoms with Crippen molar-refractivity contribution in [2.45, 2.75) is 17.9 Å². The normalized spacial score (nSPS) is 12.5. The minimum atomic E-state index is -3.79. The molecule has 1 N–H and O–H groups in total. The van der Waals surface area contributed by atoms with Crippen LogP contribution in [0.15, 0.2) is 70.9 Å². The topological polar surface area (TPSA) is 72.5 Å². The molecule has 1 atom stereocenters. The van der Waals surface area contributed by atoms with Gasteiger partial charge >= 0.3 is 5.97 Å². The average Bonchev–Trinajstić information content (AvgIpc) is 3.21. The predicted octanol–water partition coefficient (Wildman–Crippen LogP) is 3.91. The number of aryl methyl sites for hydroxylation is 1. The van der Waals surface area contributed by atoms with Gasteiger partial charge in [-0.1, -0.05) is 35.9 Å². The Morgan fingerprint density at radius 2 is 1.70 bits per heavy atom. The van der Waals surface area contributed by atoms with Crippen LogP contribution < -0.4 is 4.72 Å². The minimum absolute atomic E-state index is 0.0869.